The van der Waals surface area contributed by atoms with Crippen LogP contribution in [-0.2, 0) is 26.0 Å². The Morgan fingerprint density at radius 3 is 2.36 bits per heavy atom. The number of sulfone groups is 1. The molecule has 3 aliphatic rings. The van der Waals surface area contributed by atoms with Crippen LogP contribution in [0.3, 0.4) is 0 Å². The predicted octanol–water partition coefficient (Wildman–Crippen LogP) is 4.64. The lowest BCUT2D eigenvalue weighted by atomic mass is 9.77. The molecule has 0 bridgehead atoms. The van der Waals surface area contributed by atoms with Gasteiger partial charge in [-0.25, -0.2) is 8.42 Å². The highest BCUT2D eigenvalue weighted by Crippen LogP contribution is 2.42. The maximum atomic E-state index is 13.4. The van der Waals surface area contributed by atoms with Crippen LogP contribution >= 0.6 is 24.0 Å². The highest BCUT2D eigenvalue weighted by atomic mass is 35.5. The van der Waals surface area contributed by atoms with Crippen LogP contribution in [0.1, 0.15) is 55.7 Å². The van der Waals surface area contributed by atoms with E-state index in [0.717, 1.165) is 75.8 Å². The second-order valence-corrected chi connectivity index (χ2v) is 13.6. The van der Waals surface area contributed by atoms with Gasteiger partial charge in [0.25, 0.3) is 0 Å². The zero-order chi connectivity index (χ0) is 26.9. The molecule has 1 saturated carbocycles. The van der Waals surface area contributed by atoms with Crippen molar-refractivity contribution in [1.82, 2.24) is 15.1 Å². The van der Waals surface area contributed by atoms with Crippen molar-refractivity contribution in [3.05, 3.63) is 64.7 Å². The smallest absolute Gasteiger partial charge is 0.229 e. The number of likely N-dealkylation sites (tertiary alicyclic amines) is 2. The SMILES string of the molecule is CS(=O)(=O)c1ccc(CN2CCC3(CCN(CCC(NC(=O)C4CC4)c4cccc(Cl)c4)CC3)C2=O)cc1.Cl. The fourth-order valence-corrected chi connectivity index (χ4v) is 6.60. The number of hydrogen-bond acceptors (Lipinski definition) is 5. The van der Waals surface area contributed by atoms with Gasteiger partial charge in [0.2, 0.25) is 11.8 Å². The van der Waals surface area contributed by atoms with Gasteiger partial charge in [0.1, 0.15) is 0 Å². The Hall–Kier alpha value is -2.13. The fraction of sp³-hybridized carbons (Fsp3) is 0.517. The van der Waals surface area contributed by atoms with Crippen LogP contribution in [0.2, 0.25) is 5.02 Å². The molecule has 2 aromatic carbocycles. The van der Waals surface area contributed by atoms with Gasteiger partial charge in [-0.1, -0.05) is 35.9 Å². The van der Waals surface area contributed by atoms with Crippen molar-refractivity contribution >= 4 is 45.7 Å². The molecule has 1 aliphatic carbocycles. The van der Waals surface area contributed by atoms with Crippen molar-refractivity contribution in [2.45, 2.75) is 56.0 Å². The minimum atomic E-state index is -3.23. The summed E-state index contributed by atoms with van der Waals surface area (Å²) in [6.45, 7) is 3.82. The first-order valence-corrected chi connectivity index (χ1v) is 15.8. The molecule has 2 amide bonds. The zero-order valence-corrected chi connectivity index (χ0v) is 24.7. The Morgan fingerprint density at radius 1 is 1.08 bits per heavy atom. The molecule has 1 N–H and O–H groups in total. The Kier molecular flexibility index (Phi) is 9.31. The maximum absolute atomic E-state index is 13.4. The topological polar surface area (TPSA) is 86.8 Å². The average molecular weight is 595 g/mol. The second-order valence-electron chi connectivity index (χ2n) is 11.2. The lowest BCUT2D eigenvalue weighted by Crippen LogP contribution is -2.45. The van der Waals surface area contributed by atoms with Gasteiger partial charge in [-0.05, 0) is 87.0 Å². The second kappa shape index (κ2) is 12.2. The van der Waals surface area contributed by atoms with Crippen LogP contribution in [0.4, 0.5) is 0 Å². The lowest BCUT2D eigenvalue weighted by molar-refractivity contribution is -0.139. The summed E-state index contributed by atoms with van der Waals surface area (Å²) in [5.41, 5.74) is 1.68. The van der Waals surface area contributed by atoms with Crippen LogP contribution < -0.4 is 5.32 Å². The van der Waals surface area contributed by atoms with E-state index < -0.39 is 9.84 Å². The summed E-state index contributed by atoms with van der Waals surface area (Å²) in [4.78, 5) is 30.6. The molecule has 212 valence electrons. The van der Waals surface area contributed by atoms with Gasteiger partial charge >= 0.3 is 0 Å². The zero-order valence-electron chi connectivity index (χ0n) is 22.3. The van der Waals surface area contributed by atoms with E-state index in [1.807, 2.05) is 29.2 Å². The van der Waals surface area contributed by atoms with Crippen molar-refractivity contribution in [1.29, 1.82) is 0 Å². The third-order valence-electron chi connectivity index (χ3n) is 8.39. The Balaban J connectivity index is 0.00000353. The Bertz CT molecular complexity index is 1290. The van der Waals surface area contributed by atoms with Crippen molar-refractivity contribution in [3.63, 3.8) is 0 Å². The molecule has 2 saturated heterocycles. The van der Waals surface area contributed by atoms with Gasteiger partial charge in [0, 0.05) is 36.8 Å². The summed E-state index contributed by atoms with van der Waals surface area (Å²) < 4.78 is 23.4. The summed E-state index contributed by atoms with van der Waals surface area (Å²) in [5, 5.41) is 3.91. The Morgan fingerprint density at radius 2 is 1.74 bits per heavy atom. The van der Waals surface area contributed by atoms with Crippen molar-refractivity contribution in [2.75, 3.05) is 32.4 Å². The standard InChI is InChI=1S/C29H36ClN3O4S.ClH/c1-38(36,37)25-9-5-21(6-10-25)20-33-18-14-29(28(33)35)12-16-32(17-13-29)15-11-26(31-27(34)22-7-8-22)23-3-2-4-24(30)19-23;/h2-6,9-10,19,22,26H,7-8,11-18,20H2,1H3,(H,31,34);1H. The number of halogens is 2. The predicted molar refractivity (Wildman–Crippen MR) is 155 cm³/mol. The van der Waals surface area contributed by atoms with Crippen LogP contribution in [0.5, 0.6) is 0 Å². The molecular formula is C29H37Cl2N3O4S. The molecule has 3 fully saturated rings. The lowest BCUT2D eigenvalue weighted by Gasteiger charge is -2.38. The summed E-state index contributed by atoms with van der Waals surface area (Å²) in [6, 6.07) is 14.5. The highest BCUT2D eigenvalue weighted by Gasteiger charge is 2.47. The normalized spacial score (nSPS) is 20.1. The van der Waals surface area contributed by atoms with Gasteiger partial charge in [-0.15, -0.1) is 12.4 Å². The molecule has 0 aromatic heterocycles. The molecule has 7 nitrogen and oxygen atoms in total. The average Bonchev–Trinajstić information content (AvgIpc) is 3.71. The summed E-state index contributed by atoms with van der Waals surface area (Å²) in [5.74, 6) is 0.508. The molecule has 39 heavy (non-hydrogen) atoms. The number of carbonyl (C=O) groups excluding carboxylic acids is 2. The van der Waals surface area contributed by atoms with Crippen LogP contribution in [0.15, 0.2) is 53.4 Å². The minimum Gasteiger partial charge on any atom is -0.349 e. The number of nitrogens with zero attached hydrogens (tertiary/aromatic N) is 2. The number of amides is 2. The van der Waals surface area contributed by atoms with E-state index in [1.165, 1.54) is 6.26 Å². The summed E-state index contributed by atoms with van der Waals surface area (Å²) >= 11 is 6.24. The quantitative estimate of drug-likeness (QED) is 0.458. The number of benzene rings is 2. The minimum absolute atomic E-state index is 0. The largest absolute Gasteiger partial charge is 0.349 e. The molecular weight excluding hydrogens is 557 g/mol. The Labute approximate surface area is 242 Å². The number of rotatable bonds is 9. The van der Waals surface area contributed by atoms with Gasteiger partial charge in [0.05, 0.1) is 16.4 Å². The molecule has 2 aromatic rings. The molecule has 1 unspecified atom stereocenters. The van der Waals surface area contributed by atoms with Crippen LogP contribution in [0.25, 0.3) is 0 Å². The maximum Gasteiger partial charge on any atom is 0.229 e. The highest BCUT2D eigenvalue weighted by molar-refractivity contribution is 7.90. The molecule has 1 atom stereocenters. The molecule has 1 spiro atoms. The van der Waals surface area contributed by atoms with Gasteiger partial charge < -0.3 is 15.1 Å². The first-order valence-electron chi connectivity index (χ1n) is 13.5. The molecule has 0 radical (unpaired) electrons. The van der Waals surface area contributed by atoms with Crippen LogP contribution in [0, 0.1) is 11.3 Å². The van der Waals surface area contributed by atoms with Crippen molar-refractivity contribution < 1.29 is 18.0 Å². The van der Waals surface area contributed by atoms with Gasteiger partial charge in [0.15, 0.2) is 9.84 Å². The third-order valence-corrected chi connectivity index (χ3v) is 9.75. The van der Waals surface area contributed by atoms with Gasteiger partial charge in [-0.3, -0.25) is 9.59 Å². The van der Waals surface area contributed by atoms with E-state index in [2.05, 4.69) is 10.2 Å². The fourth-order valence-electron chi connectivity index (χ4n) is 5.77. The third kappa shape index (κ3) is 7.15. The molecule has 5 rings (SSSR count). The van der Waals surface area contributed by atoms with E-state index in [1.54, 1.807) is 24.3 Å². The first kappa shape index (κ1) is 29.8. The first-order chi connectivity index (χ1) is 18.1. The number of carbonyl (C=O) groups is 2. The van der Waals surface area contributed by atoms with Crippen LogP contribution in [-0.4, -0.2) is 62.5 Å². The van der Waals surface area contributed by atoms with Crippen molar-refractivity contribution in [2.24, 2.45) is 11.3 Å². The number of piperidine rings is 1. The van der Waals surface area contributed by atoms with E-state index in [-0.39, 0.29) is 41.6 Å². The van der Waals surface area contributed by atoms with Gasteiger partial charge in [-0.2, -0.15) is 0 Å². The van der Waals surface area contributed by atoms with E-state index in [4.69, 9.17) is 11.6 Å². The molecule has 2 heterocycles. The number of hydrogen-bond donors (Lipinski definition) is 1. The summed E-state index contributed by atoms with van der Waals surface area (Å²) in [7, 11) is -3.23. The molecule has 10 heteroatoms. The monoisotopic (exact) mass is 593 g/mol. The van der Waals surface area contributed by atoms with E-state index >= 15 is 0 Å². The van der Waals surface area contributed by atoms with E-state index in [9.17, 15) is 18.0 Å². The van der Waals surface area contributed by atoms with Crippen molar-refractivity contribution in [3.8, 4) is 0 Å². The molecule has 2 aliphatic heterocycles. The van der Waals surface area contributed by atoms with E-state index in [0.29, 0.717) is 16.5 Å². The number of nitrogens with one attached hydrogen (secondary N) is 1. The summed E-state index contributed by atoms with van der Waals surface area (Å²) in [6.07, 6.45) is 6.48.